The van der Waals surface area contributed by atoms with Gasteiger partial charge in [0.25, 0.3) is 0 Å². The summed E-state index contributed by atoms with van der Waals surface area (Å²) in [6.45, 7) is 6.92. The highest BCUT2D eigenvalue weighted by molar-refractivity contribution is 5.47. The second kappa shape index (κ2) is 9.21. The molecule has 3 heterocycles. The Morgan fingerprint density at radius 2 is 1.52 bits per heavy atom. The number of hydrogen-bond acceptors (Lipinski definition) is 2. The maximum atomic E-state index is 6.76. The van der Waals surface area contributed by atoms with Gasteiger partial charge < -0.3 is 4.74 Å². The van der Waals surface area contributed by atoms with Crippen molar-refractivity contribution in [3.05, 3.63) is 114 Å². The van der Waals surface area contributed by atoms with Crippen molar-refractivity contribution in [3.63, 3.8) is 0 Å². The second-order valence-electron chi connectivity index (χ2n) is 8.89. The van der Waals surface area contributed by atoms with Gasteiger partial charge >= 0.3 is 0 Å². The molecule has 3 fully saturated rings. The SMILES string of the molecule is C=Cc1cccc(COC2C3CCN(CC3)C2C(c2ccccc2)c2ccccc2)c1. The Balaban J connectivity index is 1.48. The van der Waals surface area contributed by atoms with Crippen molar-refractivity contribution in [2.24, 2.45) is 5.92 Å². The van der Waals surface area contributed by atoms with Gasteiger partial charge in [-0.15, -0.1) is 0 Å². The quantitative estimate of drug-likeness (QED) is 0.465. The molecule has 2 unspecified atom stereocenters. The molecule has 158 valence electrons. The third-order valence-electron chi connectivity index (χ3n) is 7.09. The first-order valence-electron chi connectivity index (χ1n) is 11.5. The zero-order valence-electron chi connectivity index (χ0n) is 18.1. The van der Waals surface area contributed by atoms with E-state index in [1.807, 2.05) is 6.08 Å². The molecular weight excluding hydrogens is 378 g/mol. The molecule has 3 aliphatic rings. The molecule has 0 aromatic heterocycles. The fourth-order valence-corrected chi connectivity index (χ4v) is 5.58. The number of nitrogens with zero attached hydrogens (tertiary/aromatic N) is 1. The summed E-state index contributed by atoms with van der Waals surface area (Å²) in [4.78, 5) is 2.69. The standard InChI is InChI=1S/C29H31NO/c1-2-22-10-9-11-23(20-22)21-31-29-26-16-18-30(19-17-26)28(29)27(24-12-5-3-6-13-24)25-14-7-4-8-15-25/h2-15,20,26-29H,1,16-19,21H2. The molecule has 3 aliphatic heterocycles. The van der Waals surface area contributed by atoms with Gasteiger partial charge in [0.2, 0.25) is 0 Å². The zero-order valence-corrected chi connectivity index (χ0v) is 18.1. The van der Waals surface area contributed by atoms with Crippen molar-refractivity contribution in [1.82, 2.24) is 4.90 Å². The van der Waals surface area contributed by atoms with E-state index in [-0.39, 0.29) is 6.10 Å². The van der Waals surface area contributed by atoms with Crippen LogP contribution in [0.1, 0.15) is 41.0 Å². The van der Waals surface area contributed by atoms with E-state index in [0.717, 1.165) is 5.56 Å². The lowest BCUT2D eigenvalue weighted by Crippen LogP contribution is -2.60. The molecule has 3 aromatic rings. The van der Waals surface area contributed by atoms with Gasteiger partial charge in [-0.1, -0.05) is 91.5 Å². The summed E-state index contributed by atoms with van der Waals surface area (Å²) < 4.78 is 6.76. The molecule has 6 rings (SSSR count). The molecule has 31 heavy (non-hydrogen) atoms. The van der Waals surface area contributed by atoms with E-state index in [0.29, 0.717) is 24.5 Å². The van der Waals surface area contributed by atoms with E-state index in [1.165, 1.54) is 42.6 Å². The first kappa shape index (κ1) is 20.2. The number of piperidine rings is 3. The molecule has 0 radical (unpaired) electrons. The van der Waals surface area contributed by atoms with Crippen molar-refractivity contribution in [3.8, 4) is 0 Å². The molecule has 3 aromatic carbocycles. The van der Waals surface area contributed by atoms with Crippen LogP contribution >= 0.6 is 0 Å². The van der Waals surface area contributed by atoms with Crippen LogP contribution in [0.15, 0.2) is 91.5 Å². The zero-order chi connectivity index (χ0) is 21.0. The summed E-state index contributed by atoms with van der Waals surface area (Å²) in [5.74, 6) is 0.947. The average molecular weight is 410 g/mol. The highest BCUT2D eigenvalue weighted by atomic mass is 16.5. The summed E-state index contributed by atoms with van der Waals surface area (Å²) in [6.07, 6.45) is 4.62. The van der Waals surface area contributed by atoms with E-state index in [4.69, 9.17) is 4.74 Å². The van der Waals surface area contributed by atoms with Crippen molar-refractivity contribution in [1.29, 1.82) is 0 Å². The number of rotatable bonds is 7. The first-order chi connectivity index (χ1) is 15.3. The van der Waals surface area contributed by atoms with Crippen molar-refractivity contribution >= 4 is 6.08 Å². The maximum Gasteiger partial charge on any atom is 0.0773 e. The van der Waals surface area contributed by atoms with Crippen LogP contribution in [-0.4, -0.2) is 30.1 Å². The molecule has 3 saturated heterocycles. The van der Waals surface area contributed by atoms with Gasteiger partial charge in [-0.3, -0.25) is 4.90 Å². The van der Waals surface area contributed by atoms with Crippen LogP contribution in [0, 0.1) is 5.92 Å². The van der Waals surface area contributed by atoms with Crippen LogP contribution in [0.5, 0.6) is 0 Å². The molecule has 0 amide bonds. The Morgan fingerprint density at radius 3 is 2.13 bits per heavy atom. The van der Waals surface area contributed by atoms with E-state index in [2.05, 4.69) is 96.4 Å². The van der Waals surface area contributed by atoms with Gasteiger partial charge in [0, 0.05) is 12.0 Å². The van der Waals surface area contributed by atoms with Gasteiger partial charge in [-0.05, 0) is 60.2 Å². The minimum absolute atomic E-state index is 0.236. The summed E-state index contributed by atoms with van der Waals surface area (Å²) >= 11 is 0. The topological polar surface area (TPSA) is 12.5 Å². The highest BCUT2D eigenvalue weighted by Gasteiger charge is 2.47. The lowest BCUT2D eigenvalue weighted by molar-refractivity contribution is -0.120. The Labute approximate surface area is 186 Å². The summed E-state index contributed by atoms with van der Waals surface area (Å²) in [6, 6.07) is 30.9. The van der Waals surface area contributed by atoms with Crippen molar-refractivity contribution in [2.45, 2.75) is 37.5 Å². The molecule has 2 heteroatoms. The predicted octanol–water partition coefficient (Wildman–Crippen LogP) is 6.14. The van der Waals surface area contributed by atoms with Crippen LogP contribution < -0.4 is 0 Å². The van der Waals surface area contributed by atoms with E-state index in [9.17, 15) is 0 Å². The van der Waals surface area contributed by atoms with Gasteiger partial charge in [-0.2, -0.15) is 0 Å². The van der Waals surface area contributed by atoms with E-state index >= 15 is 0 Å². The van der Waals surface area contributed by atoms with Crippen molar-refractivity contribution < 1.29 is 4.74 Å². The summed E-state index contributed by atoms with van der Waals surface area (Å²) in [5.41, 5.74) is 5.14. The van der Waals surface area contributed by atoms with Gasteiger partial charge in [0.05, 0.1) is 12.7 Å². The largest absolute Gasteiger partial charge is 0.372 e. The maximum absolute atomic E-state index is 6.76. The predicted molar refractivity (Wildman–Crippen MR) is 128 cm³/mol. The Morgan fingerprint density at radius 1 is 0.871 bits per heavy atom. The molecular formula is C29H31NO. The van der Waals surface area contributed by atoms with Gasteiger partial charge in [0.15, 0.2) is 0 Å². The Bertz CT molecular complexity index is 952. The molecule has 0 N–H and O–H groups in total. The lowest BCUT2D eigenvalue weighted by atomic mass is 9.72. The third kappa shape index (κ3) is 4.23. The molecule has 0 spiro atoms. The molecule has 2 bridgehead atoms. The average Bonchev–Trinajstić information content (AvgIpc) is 2.85. The van der Waals surface area contributed by atoms with Crippen molar-refractivity contribution in [2.75, 3.05) is 13.1 Å². The normalized spacial score (nSPS) is 24.9. The van der Waals surface area contributed by atoms with Crippen LogP contribution in [0.4, 0.5) is 0 Å². The second-order valence-corrected chi connectivity index (χ2v) is 8.89. The fraction of sp³-hybridized carbons (Fsp3) is 0.310. The molecule has 0 saturated carbocycles. The molecule has 2 atom stereocenters. The lowest BCUT2D eigenvalue weighted by Gasteiger charge is -2.53. The van der Waals surface area contributed by atoms with Gasteiger partial charge in [-0.25, -0.2) is 0 Å². The minimum Gasteiger partial charge on any atom is -0.372 e. The number of benzene rings is 3. The van der Waals surface area contributed by atoms with E-state index in [1.54, 1.807) is 0 Å². The number of ether oxygens (including phenoxy) is 1. The Hall–Kier alpha value is -2.68. The van der Waals surface area contributed by atoms with Crippen LogP contribution in [-0.2, 0) is 11.3 Å². The summed E-state index contributed by atoms with van der Waals surface area (Å²) in [5, 5.41) is 0. The van der Waals surface area contributed by atoms with E-state index < -0.39 is 0 Å². The first-order valence-corrected chi connectivity index (χ1v) is 11.5. The summed E-state index contributed by atoms with van der Waals surface area (Å²) in [7, 11) is 0. The minimum atomic E-state index is 0.236. The third-order valence-corrected chi connectivity index (χ3v) is 7.09. The highest BCUT2D eigenvalue weighted by Crippen LogP contribution is 2.43. The molecule has 2 nitrogen and oxygen atoms in total. The monoisotopic (exact) mass is 409 g/mol. The Kier molecular flexibility index (Phi) is 6.01. The molecule has 0 aliphatic carbocycles. The van der Waals surface area contributed by atoms with Crippen LogP contribution in [0.2, 0.25) is 0 Å². The smallest absolute Gasteiger partial charge is 0.0773 e. The van der Waals surface area contributed by atoms with Crippen LogP contribution in [0.25, 0.3) is 6.08 Å². The van der Waals surface area contributed by atoms with Crippen LogP contribution in [0.3, 0.4) is 0 Å². The number of hydrogen-bond donors (Lipinski definition) is 0. The fourth-order valence-electron chi connectivity index (χ4n) is 5.58. The number of fused-ring (bicyclic) bond motifs is 3. The van der Waals surface area contributed by atoms with Gasteiger partial charge in [0.1, 0.15) is 0 Å².